The number of hydrogen-bond acceptors (Lipinski definition) is 4. The fourth-order valence-corrected chi connectivity index (χ4v) is 1.74. The first-order valence-corrected chi connectivity index (χ1v) is 5.37. The van der Waals surface area contributed by atoms with Crippen LogP contribution in [0.25, 0.3) is 0 Å². The molecule has 1 saturated heterocycles. The Morgan fingerprint density at radius 3 is 3.00 bits per heavy atom. The molecule has 0 N–H and O–H groups in total. The van der Waals surface area contributed by atoms with E-state index in [-0.39, 0.29) is 18.1 Å². The van der Waals surface area contributed by atoms with Crippen LogP contribution < -0.4 is 0 Å². The van der Waals surface area contributed by atoms with E-state index < -0.39 is 0 Å². The Balaban J connectivity index is 2.15. The molecule has 16 heavy (non-hydrogen) atoms. The molecule has 1 aliphatic rings. The third kappa shape index (κ3) is 2.19. The van der Waals surface area contributed by atoms with Crippen LogP contribution in [0.4, 0.5) is 0 Å². The normalized spacial score (nSPS) is 25.5. The first-order chi connectivity index (χ1) is 7.68. The molecule has 0 saturated carbocycles. The molecule has 0 radical (unpaired) electrons. The van der Waals surface area contributed by atoms with Crippen molar-refractivity contribution in [2.45, 2.75) is 26.0 Å². The third-order valence-electron chi connectivity index (χ3n) is 2.65. The van der Waals surface area contributed by atoms with Gasteiger partial charge in [0.1, 0.15) is 5.69 Å². The first kappa shape index (κ1) is 11.0. The van der Waals surface area contributed by atoms with Crippen molar-refractivity contribution in [2.24, 2.45) is 0 Å². The van der Waals surface area contributed by atoms with E-state index in [0.29, 0.717) is 18.8 Å². The van der Waals surface area contributed by atoms with Gasteiger partial charge in [-0.05, 0) is 13.8 Å². The number of carbonyl (C=O) groups is 1. The number of rotatable bonds is 1. The molecule has 0 aromatic carbocycles. The Labute approximate surface area is 94.5 Å². The van der Waals surface area contributed by atoms with Crippen molar-refractivity contribution in [3.8, 4) is 0 Å². The van der Waals surface area contributed by atoms with Crippen molar-refractivity contribution in [1.29, 1.82) is 0 Å². The molecule has 1 aliphatic heterocycles. The fourth-order valence-electron chi connectivity index (χ4n) is 1.74. The van der Waals surface area contributed by atoms with Crippen LogP contribution in [0.15, 0.2) is 18.6 Å². The highest BCUT2D eigenvalue weighted by atomic mass is 16.5. The van der Waals surface area contributed by atoms with Crippen molar-refractivity contribution in [1.82, 2.24) is 14.9 Å². The highest BCUT2D eigenvalue weighted by Gasteiger charge is 2.28. The number of nitrogens with zero attached hydrogens (tertiary/aromatic N) is 3. The highest BCUT2D eigenvalue weighted by molar-refractivity contribution is 5.92. The van der Waals surface area contributed by atoms with Crippen LogP contribution in [0.1, 0.15) is 24.3 Å². The predicted octanol–water partition coefficient (Wildman–Crippen LogP) is 0.726. The Hall–Kier alpha value is -1.49. The molecular weight excluding hydrogens is 206 g/mol. The lowest BCUT2D eigenvalue weighted by atomic mass is 10.2. The average Bonchev–Trinajstić information content (AvgIpc) is 2.32. The van der Waals surface area contributed by atoms with E-state index in [1.165, 1.54) is 12.4 Å². The summed E-state index contributed by atoms with van der Waals surface area (Å²) in [5.74, 6) is -0.0734. The van der Waals surface area contributed by atoms with Gasteiger partial charge in [0, 0.05) is 18.9 Å². The lowest BCUT2D eigenvalue weighted by Gasteiger charge is -2.36. The van der Waals surface area contributed by atoms with Gasteiger partial charge in [-0.25, -0.2) is 4.98 Å². The highest BCUT2D eigenvalue weighted by Crippen LogP contribution is 2.13. The summed E-state index contributed by atoms with van der Waals surface area (Å²) in [5, 5.41) is 0. The summed E-state index contributed by atoms with van der Waals surface area (Å²) in [4.78, 5) is 21.8. The molecule has 2 atom stereocenters. The third-order valence-corrected chi connectivity index (χ3v) is 2.65. The van der Waals surface area contributed by atoms with Gasteiger partial charge in [-0.3, -0.25) is 9.78 Å². The SMILES string of the molecule is C[C@H]1CN(C(=O)c2cnccn2)[C@@H](C)CO1. The molecule has 0 aliphatic carbocycles. The first-order valence-electron chi connectivity index (χ1n) is 5.37. The quantitative estimate of drug-likeness (QED) is 0.701. The van der Waals surface area contributed by atoms with Crippen LogP contribution >= 0.6 is 0 Å². The van der Waals surface area contributed by atoms with Gasteiger partial charge in [0.2, 0.25) is 0 Å². The fraction of sp³-hybridized carbons (Fsp3) is 0.545. The van der Waals surface area contributed by atoms with Crippen molar-refractivity contribution < 1.29 is 9.53 Å². The zero-order chi connectivity index (χ0) is 11.5. The maximum absolute atomic E-state index is 12.1. The molecule has 0 spiro atoms. The van der Waals surface area contributed by atoms with E-state index in [9.17, 15) is 4.79 Å². The molecule has 5 heteroatoms. The summed E-state index contributed by atoms with van der Waals surface area (Å²) in [6.45, 7) is 5.12. The molecule has 0 unspecified atom stereocenters. The van der Waals surface area contributed by atoms with E-state index in [2.05, 4.69) is 9.97 Å². The van der Waals surface area contributed by atoms with Gasteiger partial charge >= 0.3 is 0 Å². The minimum atomic E-state index is -0.0734. The molecule has 2 rings (SSSR count). The molecular formula is C11H15N3O2. The number of morpholine rings is 1. The van der Waals surface area contributed by atoms with Crippen LogP contribution in [0.3, 0.4) is 0 Å². The summed E-state index contributed by atoms with van der Waals surface area (Å²) in [6, 6.07) is 0.0886. The zero-order valence-electron chi connectivity index (χ0n) is 9.46. The number of hydrogen-bond donors (Lipinski definition) is 0. The van der Waals surface area contributed by atoms with E-state index in [0.717, 1.165) is 0 Å². The van der Waals surface area contributed by atoms with E-state index >= 15 is 0 Å². The molecule has 86 valence electrons. The van der Waals surface area contributed by atoms with E-state index in [1.807, 2.05) is 13.8 Å². The van der Waals surface area contributed by atoms with Gasteiger partial charge in [-0.1, -0.05) is 0 Å². The topological polar surface area (TPSA) is 55.3 Å². The van der Waals surface area contributed by atoms with Gasteiger partial charge in [-0.2, -0.15) is 0 Å². The molecule has 0 bridgehead atoms. The summed E-state index contributed by atoms with van der Waals surface area (Å²) >= 11 is 0. The Bertz CT molecular complexity index is 369. The van der Waals surface area contributed by atoms with E-state index in [1.54, 1.807) is 11.1 Å². The average molecular weight is 221 g/mol. The van der Waals surface area contributed by atoms with Gasteiger partial charge < -0.3 is 9.64 Å². The van der Waals surface area contributed by atoms with Crippen molar-refractivity contribution >= 4 is 5.91 Å². The van der Waals surface area contributed by atoms with Gasteiger partial charge in [0.25, 0.3) is 5.91 Å². The van der Waals surface area contributed by atoms with Crippen molar-refractivity contribution in [3.05, 3.63) is 24.3 Å². The maximum Gasteiger partial charge on any atom is 0.274 e. The van der Waals surface area contributed by atoms with Gasteiger partial charge in [0.05, 0.1) is 24.9 Å². The molecule has 1 aromatic heterocycles. The smallest absolute Gasteiger partial charge is 0.274 e. The predicted molar refractivity (Wildman–Crippen MR) is 57.9 cm³/mol. The van der Waals surface area contributed by atoms with E-state index in [4.69, 9.17) is 4.74 Å². The van der Waals surface area contributed by atoms with Crippen LogP contribution in [0.2, 0.25) is 0 Å². The number of aromatic nitrogens is 2. The van der Waals surface area contributed by atoms with Crippen LogP contribution in [-0.4, -0.2) is 46.1 Å². The minimum Gasteiger partial charge on any atom is -0.375 e. The number of carbonyl (C=O) groups excluding carboxylic acids is 1. The number of ether oxygens (including phenoxy) is 1. The lowest BCUT2D eigenvalue weighted by Crippen LogP contribution is -2.50. The maximum atomic E-state index is 12.1. The summed E-state index contributed by atoms with van der Waals surface area (Å²) in [5.41, 5.74) is 0.392. The second-order valence-electron chi connectivity index (χ2n) is 4.04. The largest absolute Gasteiger partial charge is 0.375 e. The van der Waals surface area contributed by atoms with Crippen molar-refractivity contribution in [3.63, 3.8) is 0 Å². The molecule has 1 aromatic rings. The zero-order valence-corrected chi connectivity index (χ0v) is 9.46. The van der Waals surface area contributed by atoms with Crippen LogP contribution in [0.5, 0.6) is 0 Å². The monoisotopic (exact) mass is 221 g/mol. The van der Waals surface area contributed by atoms with Crippen LogP contribution in [-0.2, 0) is 4.74 Å². The number of amides is 1. The van der Waals surface area contributed by atoms with Gasteiger partial charge in [-0.15, -0.1) is 0 Å². The standard InChI is InChI=1S/C11H15N3O2/c1-8-7-16-9(2)6-14(8)11(15)10-5-12-3-4-13-10/h3-5,8-9H,6-7H2,1-2H3/t8-,9-/m0/s1. The van der Waals surface area contributed by atoms with Crippen LogP contribution in [0, 0.1) is 0 Å². The second-order valence-corrected chi connectivity index (χ2v) is 4.04. The molecule has 1 fully saturated rings. The summed E-state index contributed by atoms with van der Waals surface area (Å²) in [6.07, 6.45) is 4.66. The molecule has 2 heterocycles. The minimum absolute atomic E-state index is 0.0734. The Kier molecular flexibility index (Phi) is 3.14. The summed E-state index contributed by atoms with van der Waals surface area (Å²) in [7, 11) is 0. The lowest BCUT2D eigenvalue weighted by molar-refractivity contribution is -0.0389. The Morgan fingerprint density at radius 1 is 1.50 bits per heavy atom. The summed E-state index contributed by atoms with van der Waals surface area (Å²) < 4.78 is 5.48. The van der Waals surface area contributed by atoms with Crippen molar-refractivity contribution in [2.75, 3.05) is 13.2 Å². The Morgan fingerprint density at radius 2 is 2.31 bits per heavy atom. The second kappa shape index (κ2) is 4.57. The molecule has 5 nitrogen and oxygen atoms in total. The molecule has 1 amide bonds. The van der Waals surface area contributed by atoms with Gasteiger partial charge in [0.15, 0.2) is 0 Å².